The second-order valence-electron chi connectivity index (χ2n) is 5.40. The fourth-order valence-corrected chi connectivity index (χ4v) is 1.62. The summed E-state index contributed by atoms with van der Waals surface area (Å²) < 4.78 is 0. The Bertz CT molecular complexity index is 463. The first-order valence-electron chi connectivity index (χ1n) is 7.83. The lowest BCUT2D eigenvalue weighted by atomic mass is 9.97. The van der Waals surface area contributed by atoms with Crippen LogP contribution in [0.15, 0.2) is 0 Å². The van der Waals surface area contributed by atoms with Gasteiger partial charge in [0.2, 0.25) is 0 Å². The largest absolute Gasteiger partial charge is 0.481 e. The molecule has 0 rings (SSSR count). The Labute approximate surface area is 149 Å². The molecule has 0 aromatic rings. The highest BCUT2D eigenvalue weighted by molar-refractivity contribution is 6.35. The summed E-state index contributed by atoms with van der Waals surface area (Å²) in [5.74, 6) is -5.02. The van der Waals surface area contributed by atoms with Crippen LogP contribution in [0.25, 0.3) is 0 Å². The Morgan fingerprint density at radius 2 is 1.42 bits per heavy atom. The lowest BCUT2D eigenvalue weighted by molar-refractivity contribution is -0.152. The van der Waals surface area contributed by atoms with Crippen molar-refractivity contribution in [3.8, 4) is 0 Å². The van der Waals surface area contributed by atoms with Crippen molar-refractivity contribution in [2.24, 2.45) is 0 Å². The van der Waals surface area contributed by atoms with Gasteiger partial charge in [-0.2, -0.15) is 0 Å². The normalized spacial score (nSPS) is 15.0. The molecular formula is C15H26O11. The van der Waals surface area contributed by atoms with E-state index in [0.717, 1.165) is 12.8 Å². The predicted molar refractivity (Wildman–Crippen MR) is 85.2 cm³/mol. The lowest BCUT2D eigenvalue weighted by Crippen LogP contribution is -2.48. The molecule has 0 bridgehead atoms. The molecule has 11 nitrogen and oxygen atoms in total. The van der Waals surface area contributed by atoms with Crippen LogP contribution in [0.4, 0.5) is 0 Å². The molecule has 152 valence electrons. The van der Waals surface area contributed by atoms with Crippen LogP contribution in [0.1, 0.15) is 39.0 Å². The Kier molecular flexibility index (Phi) is 14.4. The minimum Gasteiger partial charge on any atom is -0.481 e. The van der Waals surface area contributed by atoms with E-state index in [1.165, 1.54) is 0 Å². The minimum atomic E-state index is -1.79. The molecule has 0 spiro atoms. The van der Waals surface area contributed by atoms with Crippen LogP contribution < -0.4 is 0 Å². The molecule has 7 N–H and O–H groups in total. The van der Waals surface area contributed by atoms with Gasteiger partial charge in [0.15, 0.2) is 5.78 Å². The van der Waals surface area contributed by atoms with E-state index >= 15 is 0 Å². The van der Waals surface area contributed by atoms with Crippen LogP contribution in [-0.4, -0.2) is 90.3 Å². The third-order valence-corrected chi connectivity index (χ3v) is 3.16. The number of Topliss-reactive ketones (excluding diaryl/α,β-unsaturated/α-hetero) is 2. The van der Waals surface area contributed by atoms with Crippen LogP contribution in [0.3, 0.4) is 0 Å². The van der Waals surface area contributed by atoms with Crippen LogP contribution in [0, 0.1) is 0 Å². The molecule has 0 saturated carbocycles. The Balaban J connectivity index is 0. The van der Waals surface area contributed by atoms with Gasteiger partial charge < -0.3 is 35.7 Å². The number of hydrogen-bond acceptors (Lipinski definition) is 9. The zero-order valence-electron chi connectivity index (χ0n) is 14.3. The summed E-state index contributed by atoms with van der Waals surface area (Å²) in [5.41, 5.74) is 0. The number of ketones is 2. The molecule has 0 aliphatic heterocycles. The van der Waals surface area contributed by atoms with Crippen molar-refractivity contribution < 1.29 is 54.9 Å². The van der Waals surface area contributed by atoms with E-state index in [1.54, 1.807) is 0 Å². The lowest BCUT2D eigenvalue weighted by Gasteiger charge is -2.24. The molecule has 0 aliphatic rings. The molecular weight excluding hydrogens is 356 g/mol. The summed E-state index contributed by atoms with van der Waals surface area (Å²) in [7, 11) is 0. The predicted octanol–water partition coefficient (Wildman–Crippen LogP) is -2.31. The molecule has 11 heteroatoms. The fourth-order valence-electron chi connectivity index (χ4n) is 1.62. The standard InChI is InChI=1S/C11H22O6.C4H4O5/c1-2-3-4-5-7(13)9(15)11(17)10(16)8(14)6-12;5-2(4(8)9)1-3(6)7/h8-12,14-17H,2-6H2,1H3;1H2,(H,6,7)(H,8,9). The average molecular weight is 382 g/mol. The van der Waals surface area contributed by atoms with Crippen LogP contribution in [0.2, 0.25) is 0 Å². The molecule has 0 fully saturated rings. The topological polar surface area (TPSA) is 210 Å². The molecule has 26 heavy (non-hydrogen) atoms. The number of hydrogen-bond donors (Lipinski definition) is 7. The number of rotatable bonds is 12. The maximum Gasteiger partial charge on any atom is 0.372 e. The first kappa shape index (κ1) is 26.3. The first-order valence-corrected chi connectivity index (χ1v) is 7.83. The first-order chi connectivity index (χ1) is 12.0. The molecule has 0 aromatic carbocycles. The van der Waals surface area contributed by atoms with Crippen molar-refractivity contribution in [1.29, 1.82) is 0 Å². The van der Waals surface area contributed by atoms with E-state index in [1.807, 2.05) is 6.92 Å². The highest BCUT2D eigenvalue weighted by Crippen LogP contribution is 2.09. The Morgan fingerprint density at radius 1 is 0.885 bits per heavy atom. The molecule has 0 aromatic heterocycles. The van der Waals surface area contributed by atoms with Gasteiger partial charge in [0.1, 0.15) is 30.8 Å². The molecule has 0 heterocycles. The van der Waals surface area contributed by atoms with Gasteiger partial charge in [0.05, 0.1) is 6.61 Å². The number of aliphatic hydroxyl groups excluding tert-OH is 5. The fraction of sp³-hybridized carbons (Fsp3) is 0.733. The summed E-state index contributed by atoms with van der Waals surface area (Å²) in [4.78, 5) is 40.6. The molecule has 0 radical (unpaired) electrons. The Morgan fingerprint density at radius 3 is 1.77 bits per heavy atom. The van der Waals surface area contributed by atoms with E-state index in [4.69, 9.17) is 20.4 Å². The molecule has 0 amide bonds. The monoisotopic (exact) mass is 382 g/mol. The van der Waals surface area contributed by atoms with Gasteiger partial charge in [0.25, 0.3) is 5.78 Å². The van der Waals surface area contributed by atoms with Gasteiger partial charge in [-0.15, -0.1) is 0 Å². The van der Waals surface area contributed by atoms with Crippen molar-refractivity contribution in [1.82, 2.24) is 0 Å². The highest BCUT2D eigenvalue weighted by atomic mass is 16.4. The van der Waals surface area contributed by atoms with Gasteiger partial charge in [-0.1, -0.05) is 19.8 Å². The SMILES string of the molecule is CCCCCC(=O)C(O)C(O)C(O)C(O)CO.O=C(O)CC(=O)C(=O)O. The molecule has 4 atom stereocenters. The van der Waals surface area contributed by atoms with Crippen LogP contribution in [0.5, 0.6) is 0 Å². The maximum atomic E-state index is 11.4. The average Bonchev–Trinajstić information content (AvgIpc) is 2.58. The van der Waals surface area contributed by atoms with E-state index in [-0.39, 0.29) is 6.42 Å². The number of carbonyl (C=O) groups excluding carboxylic acids is 2. The number of aliphatic hydroxyl groups is 5. The van der Waals surface area contributed by atoms with E-state index in [9.17, 15) is 34.5 Å². The van der Waals surface area contributed by atoms with Crippen molar-refractivity contribution in [2.75, 3.05) is 6.61 Å². The molecule has 4 unspecified atom stereocenters. The van der Waals surface area contributed by atoms with Crippen molar-refractivity contribution in [2.45, 2.75) is 63.4 Å². The number of carboxylic acids is 2. The van der Waals surface area contributed by atoms with Gasteiger partial charge in [-0.25, -0.2) is 4.79 Å². The Hall–Kier alpha value is -1.92. The summed E-state index contributed by atoms with van der Waals surface area (Å²) in [6.45, 7) is 1.21. The van der Waals surface area contributed by atoms with Crippen molar-refractivity contribution in [3.05, 3.63) is 0 Å². The second kappa shape index (κ2) is 14.3. The van der Waals surface area contributed by atoms with E-state index in [2.05, 4.69) is 0 Å². The van der Waals surface area contributed by atoms with Gasteiger partial charge >= 0.3 is 11.9 Å². The van der Waals surface area contributed by atoms with E-state index < -0.39 is 60.9 Å². The van der Waals surface area contributed by atoms with Crippen LogP contribution in [-0.2, 0) is 19.2 Å². The third kappa shape index (κ3) is 11.6. The summed E-state index contributed by atoms with van der Waals surface area (Å²) in [5, 5.41) is 61.5. The highest BCUT2D eigenvalue weighted by Gasteiger charge is 2.33. The number of carbonyl (C=O) groups is 4. The molecule has 0 aliphatic carbocycles. The second-order valence-corrected chi connectivity index (χ2v) is 5.40. The zero-order valence-corrected chi connectivity index (χ0v) is 14.3. The smallest absolute Gasteiger partial charge is 0.372 e. The summed E-state index contributed by atoms with van der Waals surface area (Å²) in [6, 6.07) is 0. The zero-order chi connectivity index (χ0) is 20.9. The summed E-state index contributed by atoms with van der Waals surface area (Å²) >= 11 is 0. The maximum absolute atomic E-state index is 11.4. The molecule has 0 saturated heterocycles. The number of unbranched alkanes of at least 4 members (excludes halogenated alkanes) is 2. The van der Waals surface area contributed by atoms with Gasteiger partial charge in [-0.05, 0) is 6.42 Å². The van der Waals surface area contributed by atoms with Gasteiger partial charge in [-0.3, -0.25) is 14.4 Å². The van der Waals surface area contributed by atoms with E-state index in [0.29, 0.717) is 6.42 Å². The van der Waals surface area contributed by atoms with Crippen molar-refractivity contribution >= 4 is 23.5 Å². The minimum absolute atomic E-state index is 0.119. The van der Waals surface area contributed by atoms with Gasteiger partial charge in [0, 0.05) is 6.42 Å². The van der Waals surface area contributed by atoms with Crippen molar-refractivity contribution in [3.63, 3.8) is 0 Å². The number of aliphatic carboxylic acids is 2. The summed E-state index contributed by atoms with van der Waals surface area (Å²) in [6.07, 6.45) is -5.29. The number of carboxylic acid groups (broad SMARTS) is 2. The quantitative estimate of drug-likeness (QED) is 0.108. The van der Waals surface area contributed by atoms with Crippen LogP contribution >= 0.6 is 0 Å². The third-order valence-electron chi connectivity index (χ3n) is 3.16.